The molecule has 286 valence electrons. The Morgan fingerprint density at radius 2 is 1.18 bits per heavy atom. The van der Waals surface area contributed by atoms with Gasteiger partial charge in [-0.15, -0.1) is 0 Å². The molecule has 0 saturated heterocycles. The van der Waals surface area contributed by atoms with Crippen LogP contribution < -0.4 is 15.8 Å². The van der Waals surface area contributed by atoms with E-state index in [0.29, 0.717) is 18.6 Å². The number of primary amides is 1. The largest absolute Gasteiger partial charge is 0.504 e. The zero-order chi connectivity index (χ0) is 36.3. The fourth-order valence-electron chi connectivity index (χ4n) is 6.59. The normalized spacial score (nSPS) is 12.2. The number of carbonyl (C=O) groups is 2. The fourth-order valence-corrected chi connectivity index (χ4v) is 6.59. The van der Waals surface area contributed by atoms with Crippen LogP contribution in [0.25, 0.3) is 0 Å². The SMILES string of the molecule is CCCCCCCCCCCCCCCC=CC(=O)NC(CCCCCCCC=CCCCCCCCC(N)=O)Cc1ccc(O)c(OC)c1. The molecule has 6 heteroatoms. The summed E-state index contributed by atoms with van der Waals surface area (Å²) in [6.45, 7) is 2.28. The average molecular weight is 697 g/mol. The van der Waals surface area contributed by atoms with Crippen LogP contribution in [0.1, 0.15) is 192 Å². The van der Waals surface area contributed by atoms with Crippen molar-refractivity contribution in [1.82, 2.24) is 5.32 Å². The summed E-state index contributed by atoms with van der Waals surface area (Å²) in [7, 11) is 1.56. The third kappa shape index (κ3) is 28.0. The molecule has 4 N–H and O–H groups in total. The zero-order valence-corrected chi connectivity index (χ0v) is 32.4. The number of carbonyl (C=O) groups excluding carboxylic acids is 2. The molecular formula is C44H76N2O4. The highest BCUT2D eigenvalue weighted by Crippen LogP contribution is 2.27. The second-order valence-corrected chi connectivity index (χ2v) is 14.4. The smallest absolute Gasteiger partial charge is 0.243 e. The number of hydrogen-bond donors (Lipinski definition) is 3. The average Bonchev–Trinajstić information content (AvgIpc) is 3.10. The minimum atomic E-state index is -0.189. The fraction of sp³-hybridized carbons (Fsp3) is 0.727. The highest BCUT2D eigenvalue weighted by molar-refractivity contribution is 5.87. The van der Waals surface area contributed by atoms with E-state index in [1.807, 2.05) is 18.2 Å². The lowest BCUT2D eigenvalue weighted by molar-refractivity contribution is -0.118. The number of ether oxygens (including phenoxy) is 1. The van der Waals surface area contributed by atoms with Gasteiger partial charge in [-0.05, 0) is 81.6 Å². The summed E-state index contributed by atoms with van der Waals surface area (Å²) in [5.41, 5.74) is 6.24. The van der Waals surface area contributed by atoms with Crippen LogP contribution in [0.3, 0.4) is 0 Å². The molecule has 6 nitrogen and oxygen atoms in total. The van der Waals surface area contributed by atoms with Gasteiger partial charge < -0.3 is 20.9 Å². The number of aromatic hydroxyl groups is 1. The van der Waals surface area contributed by atoms with E-state index >= 15 is 0 Å². The van der Waals surface area contributed by atoms with Crippen LogP contribution >= 0.6 is 0 Å². The number of allylic oxidation sites excluding steroid dienone is 3. The van der Waals surface area contributed by atoms with Gasteiger partial charge in [0.25, 0.3) is 0 Å². The molecule has 1 atom stereocenters. The van der Waals surface area contributed by atoms with E-state index in [2.05, 4.69) is 24.4 Å². The van der Waals surface area contributed by atoms with Gasteiger partial charge >= 0.3 is 0 Å². The number of benzene rings is 1. The van der Waals surface area contributed by atoms with E-state index in [4.69, 9.17) is 10.5 Å². The Morgan fingerprint density at radius 1 is 0.700 bits per heavy atom. The molecular weight excluding hydrogens is 620 g/mol. The van der Waals surface area contributed by atoms with Gasteiger partial charge in [0.1, 0.15) is 0 Å². The second-order valence-electron chi connectivity index (χ2n) is 14.4. The molecule has 0 heterocycles. The number of unbranched alkanes of at least 4 members (excludes halogenated alkanes) is 23. The predicted octanol–water partition coefficient (Wildman–Crippen LogP) is 12.0. The third-order valence-electron chi connectivity index (χ3n) is 9.70. The van der Waals surface area contributed by atoms with Crippen molar-refractivity contribution >= 4 is 11.8 Å². The lowest BCUT2D eigenvalue weighted by Gasteiger charge is -2.19. The van der Waals surface area contributed by atoms with Gasteiger partial charge in [0.15, 0.2) is 11.5 Å². The van der Waals surface area contributed by atoms with Crippen LogP contribution in [0, 0.1) is 0 Å². The van der Waals surface area contributed by atoms with Gasteiger partial charge in [0, 0.05) is 12.5 Å². The second kappa shape index (κ2) is 33.4. The molecule has 0 aliphatic carbocycles. The van der Waals surface area contributed by atoms with Gasteiger partial charge in [-0.3, -0.25) is 9.59 Å². The summed E-state index contributed by atoms with van der Waals surface area (Å²) in [6, 6.07) is 5.51. The number of phenolic OH excluding ortho intramolecular Hbond substituents is 1. The van der Waals surface area contributed by atoms with Crippen LogP contribution in [0.5, 0.6) is 11.5 Å². The van der Waals surface area contributed by atoms with E-state index < -0.39 is 0 Å². The number of amides is 2. The highest BCUT2D eigenvalue weighted by atomic mass is 16.5. The molecule has 0 fully saturated rings. The molecule has 1 aromatic rings. The maximum atomic E-state index is 12.9. The molecule has 0 aliphatic rings. The van der Waals surface area contributed by atoms with Crippen molar-refractivity contribution in [3.8, 4) is 11.5 Å². The first-order valence-electron chi connectivity index (χ1n) is 20.7. The molecule has 50 heavy (non-hydrogen) atoms. The van der Waals surface area contributed by atoms with Gasteiger partial charge in [0.05, 0.1) is 7.11 Å². The quantitative estimate of drug-likeness (QED) is 0.0373. The standard InChI is InChI=1S/C44H76N2O4/c1-3-4-5-6-7-8-9-10-11-16-19-22-25-28-31-34-44(49)46-40(37-39-35-36-41(47)42(38-39)50-2)32-29-26-23-20-17-14-12-13-15-18-21-24-27-30-33-43(45)48/h12-13,31,34-36,38,40,47H,3-11,14-30,32-33,37H2,1-2H3,(H2,45,48)(H,46,49). The molecule has 0 spiro atoms. The van der Waals surface area contributed by atoms with Crippen LogP contribution in [0.2, 0.25) is 0 Å². The summed E-state index contributed by atoms with van der Waals surface area (Å²) in [5, 5.41) is 13.3. The number of methoxy groups -OCH3 is 1. The van der Waals surface area contributed by atoms with Crippen molar-refractivity contribution in [2.45, 2.75) is 199 Å². The summed E-state index contributed by atoms with van der Waals surface area (Å²) in [4.78, 5) is 23.6. The van der Waals surface area contributed by atoms with Crippen LogP contribution in [-0.2, 0) is 16.0 Å². The molecule has 2 amide bonds. The number of nitrogens with two attached hydrogens (primary N) is 1. The van der Waals surface area contributed by atoms with Crippen molar-refractivity contribution in [1.29, 1.82) is 0 Å². The van der Waals surface area contributed by atoms with Crippen molar-refractivity contribution in [2.75, 3.05) is 7.11 Å². The summed E-state index contributed by atoms with van der Waals surface area (Å²) < 4.78 is 5.32. The number of rotatable bonds is 35. The van der Waals surface area contributed by atoms with Crippen LogP contribution in [-0.4, -0.2) is 30.1 Å². The highest BCUT2D eigenvalue weighted by Gasteiger charge is 2.13. The van der Waals surface area contributed by atoms with E-state index in [-0.39, 0.29) is 23.6 Å². The summed E-state index contributed by atoms with van der Waals surface area (Å²) in [5.74, 6) is 0.407. The molecule has 0 aliphatic heterocycles. The zero-order valence-electron chi connectivity index (χ0n) is 32.4. The first-order valence-corrected chi connectivity index (χ1v) is 20.7. The van der Waals surface area contributed by atoms with Gasteiger partial charge in [-0.2, -0.15) is 0 Å². The van der Waals surface area contributed by atoms with Crippen molar-refractivity contribution in [3.63, 3.8) is 0 Å². The monoisotopic (exact) mass is 697 g/mol. The molecule has 0 bridgehead atoms. The lowest BCUT2D eigenvalue weighted by Crippen LogP contribution is -2.35. The van der Waals surface area contributed by atoms with Crippen LogP contribution in [0.15, 0.2) is 42.5 Å². The number of nitrogens with one attached hydrogen (secondary N) is 1. The molecule has 0 radical (unpaired) electrons. The first-order chi connectivity index (χ1) is 24.5. The van der Waals surface area contributed by atoms with Gasteiger partial charge in [-0.25, -0.2) is 0 Å². The molecule has 0 aromatic heterocycles. The van der Waals surface area contributed by atoms with Crippen molar-refractivity contribution < 1.29 is 19.4 Å². The Balaban J connectivity index is 2.26. The minimum absolute atomic E-state index is 0.00897. The summed E-state index contributed by atoms with van der Waals surface area (Å²) >= 11 is 0. The predicted molar refractivity (Wildman–Crippen MR) is 213 cm³/mol. The van der Waals surface area contributed by atoms with Crippen molar-refractivity contribution in [3.05, 3.63) is 48.1 Å². The number of phenols is 1. The molecule has 1 unspecified atom stereocenters. The van der Waals surface area contributed by atoms with Crippen molar-refractivity contribution in [2.24, 2.45) is 5.73 Å². The van der Waals surface area contributed by atoms with E-state index in [9.17, 15) is 14.7 Å². The van der Waals surface area contributed by atoms with Crippen LogP contribution in [0.4, 0.5) is 0 Å². The maximum absolute atomic E-state index is 12.9. The third-order valence-corrected chi connectivity index (χ3v) is 9.70. The molecule has 1 rings (SSSR count). The Hall–Kier alpha value is -2.76. The lowest BCUT2D eigenvalue weighted by atomic mass is 9.99. The summed E-state index contributed by atoms with van der Waals surface area (Å²) in [6.07, 6.45) is 42.9. The molecule has 0 saturated carbocycles. The minimum Gasteiger partial charge on any atom is -0.504 e. The first kappa shape index (κ1) is 45.3. The topological polar surface area (TPSA) is 102 Å². The Morgan fingerprint density at radius 3 is 1.70 bits per heavy atom. The van der Waals surface area contributed by atoms with Gasteiger partial charge in [0.2, 0.25) is 11.8 Å². The Kier molecular flexibility index (Phi) is 30.2. The number of hydrogen-bond acceptors (Lipinski definition) is 4. The molecule has 1 aromatic carbocycles. The van der Waals surface area contributed by atoms with E-state index in [0.717, 1.165) is 56.9 Å². The Labute approximate surface area is 307 Å². The van der Waals surface area contributed by atoms with E-state index in [1.165, 1.54) is 122 Å². The van der Waals surface area contributed by atoms with Gasteiger partial charge in [-0.1, -0.05) is 153 Å². The maximum Gasteiger partial charge on any atom is 0.243 e. The Bertz CT molecular complexity index is 1020. The van der Waals surface area contributed by atoms with E-state index in [1.54, 1.807) is 19.3 Å².